The van der Waals surface area contributed by atoms with Crippen LogP contribution in [0.5, 0.6) is 0 Å². The largest absolute Gasteiger partial charge is 0.354 e. The number of aromatic nitrogens is 1. The van der Waals surface area contributed by atoms with E-state index in [4.69, 9.17) is 0 Å². The number of nitrogens with one attached hydrogen (secondary N) is 2. The van der Waals surface area contributed by atoms with Crippen LogP contribution in [0.25, 0.3) is 0 Å². The molecule has 0 aliphatic heterocycles. The van der Waals surface area contributed by atoms with E-state index < -0.39 is 11.7 Å². The predicted octanol–water partition coefficient (Wildman–Crippen LogP) is 4.42. The molecule has 0 fully saturated rings. The van der Waals surface area contributed by atoms with Crippen LogP contribution in [0.15, 0.2) is 67.0 Å². The van der Waals surface area contributed by atoms with Gasteiger partial charge in [-0.2, -0.15) is 0 Å². The van der Waals surface area contributed by atoms with Crippen LogP contribution in [0.4, 0.5) is 21.5 Å². The molecule has 0 atom stereocenters. The lowest BCUT2D eigenvalue weighted by Gasteiger charge is -2.09. The predicted molar refractivity (Wildman–Crippen MR) is 98.3 cm³/mol. The summed E-state index contributed by atoms with van der Waals surface area (Å²) in [5.74, 6) is -0.975. The second-order valence-electron chi connectivity index (χ2n) is 5.65. The van der Waals surface area contributed by atoms with Gasteiger partial charge in [0.25, 0.3) is 5.91 Å². The quantitative estimate of drug-likeness (QED) is 0.669. The highest BCUT2D eigenvalue weighted by Crippen LogP contribution is 2.19. The van der Waals surface area contributed by atoms with Crippen molar-refractivity contribution in [1.29, 1.82) is 0 Å². The number of benzene rings is 2. The highest BCUT2D eigenvalue weighted by molar-refractivity contribution is 6.04. The lowest BCUT2D eigenvalue weighted by atomic mass is 10.1. The molecule has 2 aromatic carbocycles. The summed E-state index contributed by atoms with van der Waals surface area (Å²) in [4.78, 5) is 27.7. The van der Waals surface area contributed by atoms with E-state index in [1.807, 2.05) is 0 Å². The molecule has 130 valence electrons. The average molecular weight is 349 g/mol. The van der Waals surface area contributed by atoms with E-state index in [9.17, 15) is 14.0 Å². The van der Waals surface area contributed by atoms with Crippen LogP contribution in [0.2, 0.25) is 0 Å². The summed E-state index contributed by atoms with van der Waals surface area (Å²) >= 11 is 0. The number of hydrogen-bond donors (Lipinski definition) is 2. The summed E-state index contributed by atoms with van der Waals surface area (Å²) in [6.07, 6.45) is 2.97. The molecule has 6 heteroatoms. The van der Waals surface area contributed by atoms with E-state index in [0.29, 0.717) is 16.8 Å². The molecule has 2 N–H and O–H groups in total. The number of ketones is 1. The van der Waals surface area contributed by atoms with Gasteiger partial charge in [0, 0.05) is 17.4 Å². The molecule has 1 aromatic heterocycles. The Morgan fingerprint density at radius 1 is 0.923 bits per heavy atom. The van der Waals surface area contributed by atoms with Crippen molar-refractivity contribution in [1.82, 2.24) is 4.98 Å². The second-order valence-corrected chi connectivity index (χ2v) is 5.65. The van der Waals surface area contributed by atoms with Crippen LogP contribution < -0.4 is 10.6 Å². The minimum absolute atomic E-state index is 0.00923. The summed E-state index contributed by atoms with van der Waals surface area (Å²) in [5.41, 5.74) is 2.37. The van der Waals surface area contributed by atoms with Gasteiger partial charge in [-0.3, -0.25) is 14.6 Å². The number of hydrogen-bond acceptors (Lipinski definition) is 4. The Kier molecular flexibility index (Phi) is 5.03. The van der Waals surface area contributed by atoms with Crippen molar-refractivity contribution >= 4 is 28.8 Å². The molecule has 0 aliphatic rings. The van der Waals surface area contributed by atoms with E-state index in [1.54, 1.807) is 48.7 Å². The maximum absolute atomic E-state index is 13.7. The molecule has 5 nitrogen and oxygen atoms in total. The van der Waals surface area contributed by atoms with Gasteiger partial charge >= 0.3 is 0 Å². The van der Waals surface area contributed by atoms with Gasteiger partial charge in [0.05, 0.1) is 23.1 Å². The molecule has 0 saturated carbocycles. The summed E-state index contributed by atoms with van der Waals surface area (Å²) in [7, 11) is 0. The van der Waals surface area contributed by atoms with Gasteiger partial charge in [0.1, 0.15) is 5.82 Å². The Morgan fingerprint density at radius 2 is 1.65 bits per heavy atom. The summed E-state index contributed by atoms with van der Waals surface area (Å²) in [5, 5.41) is 5.63. The SMILES string of the molecule is CC(=O)c1ccc(Nc2cncc(C(=O)Nc3ccccc3F)c2)cc1. The minimum Gasteiger partial charge on any atom is -0.354 e. The van der Waals surface area contributed by atoms with E-state index in [0.717, 1.165) is 5.69 Å². The molecule has 1 heterocycles. The number of Topliss-reactive ketones (excluding diaryl/α,β-unsaturated/α-hetero) is 1. The van der Waals surface area contributed by atoms with Crippen LogP contribution >= 0.6 is 0 Å². The zero-order valence-electron chi connectivity index (χ0n) is 14.0. The van der Waals surface area contributed by atoms with E-state index in [2.05, 4.69) is 15.6 Å². The first kappa shape index (κ1) is 17.3. The standard InChI is InChI=1S/C20H16FN3O2/c1-13(25)14-6-8-16(9-7-14)23-17-10-15(11-22-12-17)20(26)24-19-5-3-2-4-18(19)21/h2-12,23H,1H3,(H,24,26). The van der Waals surface area contributed by atoms with Gasteiger partial charge < -0.3 is 10.6 Å². The number of rotatable bonds is 5. The third kappa shape index (κ3) is 4.10. The van der Waals surface area contributed by atoms with Gasteiger partial charge in [-0.05, 0) is 49.4 Å². The number of amides is 1. The Labute approximate surface area is 149 Å². The Balaban J connectivity index is 1.74. The maximum Gasteiger partial charge on any atom is 0.257 e. The van der Waals surface area contributed by atoms with Crippen molar-refractivity contribution in [3.63, 3.8) is 0 Å². The van der Waals surface area contributed by atoms with E-state index in [1.165, 1.54) is 25.3 Å². The van der Waals surface area contributed by atoms with Crippen molar-refractivity contribution in [3.05, 3.63) is 83.9 Å². The molecule has 1 amide bonds. The number of pyridine rings is 1. The Bertz CT molecular complexity index is 955. The van der Waals surface area contributed by atoms with Gasteiger partial charge in [-0.1, -0.05) is 12.1 Å². The summed E-state index contributed by atoms with van der Waals surface area (Å²) in [6, 6.07) is 14.5. The molecular formula is C20H16FN3O2. The first-order valence-corrected chi connectivity index (χ1v) is 7.92. The zero-order chi connectivity index (χ0) is 18.5. The second kappa shape index (κ2) is 7.57. The third-order valence-electron chi connectivity index (χ3n) is 3.70. The lowest BCUT2D eigenvalue weighted by Crippen LogP contribution is -2.13. The van der Waals surface area contributed by atoms with Crippen LogP contribution in [-0.4, -0.2) is 16.7 Å². The van der Waals surface area contributed by atoms with Gasteiger partial charge in [-0.25, -0.2) is 4.39 Å². The van der Waals surface area contributed by atoms with Crippen molar-refractivity contribution in [2.45, 2.75) is 6.92 Å². The smallest absolute Gasteiger partial charge is 0.257 e. The normalized spacial score (nSPS) is 10.2. The Hall–Kier alpha value is -3.54. The van der Waals surface area contributed by atoms with Crippen molar-refractivity contribution in [2.24, 2.45) is 0 Å². The van der Waals surface area contributed by atoms with E-state index in [-0.39, 0.29) is 11.5 Å². The Morgan fingerprint density at radius 3 is 2.35 bits per heavy atom. The number of anilines is 3. The molecule has 0 aliphatic carbocycles. The van der Waals surface area contributed by atoms with E-state index >= 15 is 0 Å². The van der Waals surface area contributed by atoms with Gasteiger partial charge in [0.2, 0.25) is 0 Å². The highest BCUT2D eigenvalue weighted by Gasteiger charge is 2.10. The first-order chi connectivity index (χ1) is 12.5. The average Bonchev–Trinajstić information content (AvgIpc) is 2.64. The van der Waals surface area contributed by atoms with Crippen molar-refractivity contribution < 1.29 is 14.0 Å². The molecule has 0 radical (unpaired) electrons. The van der Waals surface area contributed by atoms with Crippen molar-refractivity contribution in [3.8, 4) is 0 Å². The van der Waals surface area contributed by atoms with Crippen LogP contribution in [0, 0.1) is 5.82 Å². The number of nitrogens with zero attached hydrogens (tertiary/aromatic N) is 1. The maximum atomic E-state index is 13.7. The van der Waals surface area contributed by atoms with Gasteiger partial charge in [0.15, 0.2) is 5.78 Å². The fourth-order valence-corrected chi connectivity index (χ4v) is 2.34. The number of halogens is 1. The van der Waals surface area contributed by atoms with Crippen molar-refractivity contribution in [2.75, 3.05) is 10.6 Å². The minimum atomic E-state index is -0.506. The fraction of sp³-hybridized carbons (Fsp3) is 0.0500. The molecule has 3 rings (SSSR count). The molecule has 3 aromatic rings. The molecular weight excluding hydrogens is 333 g/mol. The number of carbonyl (C=O) groups excluding carboxylic acids is 2. The number of para-hydroxylation sites is 1. The fourth-order valence-electron chi connectivity index (χ4n) is 2.34. The van der Waals surface area contributed by atoms with Crippen LogP contribution in [-0.2, 0) is 0 Å². The zero-order valence-corrected chi connectivity index (χ0v) is 14.0. The third-order valence-corrected chi connectivity index (χ3v) is 3.70. The first-order valence-electron chi connectivity index (χ1n) is 7.92. The summed E-state index contributed by atoms with van der Waals surface area (Å²) < 4.78 is 13.7. The topological polar surface area (TPSA) is 71.1 Å². The van der Waals surface area contributed by atoms with Crippen LogP contribution in [0.1, 0.15) is 27.6 Å². The van der Waals surface area contributed by atoms with Gasteiger partial charge in [-0.15, -0.1) is 0 Å². The molecule has 0 unspecified atom stereocenters. The molecule has 26 heavy (non-hydrogen) atoms. The molecule has 0 spiro atoms. The summed E-state index contributed by atoms with van der Waals surface area (Å²) in [6.45, 7) is 1.50. The highest BCUT2D eigenvalue weighted by atomic mass is 19.1. The molecule has 0 bridgehead atoms. The van der Waals surface area contributed by atoms with Crippen LogP contribution in [0.3, 0.4) is 0 Å². The number of carbonyl (C=O) groups is 2. The molecule has 0 saturated heterocycles. The lowest BCUT2D eigenvalue weighted by molar-refractivity contribution is 0.101. The monoisotopic (exact) mass is 349 g/mol.